The molecule has 94 valence electrons. The standard InChI is InChI=1S/C15H19N3/c1-2-17-10-8-14(12-17)18-11-9-16-15(18)13-6-4-3-5-7-13/h3-7,9,11,14H,2,8,10,12H2,1H3. The summed E-state index contributed by atoms with van der Waals surface area (Å²) in [6.45, 7) is 5.72. The second kappa shape index (κ2) is 4.94. The summed E-state index contributed by atoms with van der Waals surface area (Å²) >= 11 is 0. The molecule has 0 aliphatic carbocycles. The Balaban J connectivity index is 1.89. The molecule has 18 heavy (non-hydrogen) atoms. The third-order valence-electron chi connectivity index (χ3n) is 3.79. The van der Waals surface area contributed by atoms with Crippen molar-refractivity contribution in [3.8, 4) is 11.4 Å². The van der Waals surface area contributed by atoms with Crippen molar-refractivity contribution in [2.75, 3.05) is 19.6 Å². The van der Waals surface area contributed by atoms with E-state index in [0.717, 1.165) is 18.9 Å². The lowest BCUT2D eigenvalue weighted by Gasteiger charge is -2.16. The van der Waals surface area contributed by atoms with E-state index in [-0.39, 0.29) is 0 Å². The number of likely N-dealkylation sites (tertiary alicyclic amines) is 1. The molecule has 1 aromatic carbocycles. The second-order valence-corrected chi connectivity index (χ2v) is 4.86. The highest BCUT2D eigenvalue weighted by Crippen LogP contribution is 2.27. The molecule has 1 unspecified atom stereocenters. The van der Waals surface area contributed by atoms with Crippen LogP contribution in [0.1, 0.15) is 19.4 Å². The van der Waals surface area contributed by atoms with Crippen LogP contribution in [0.2, 0.25) is 0 Å². The van der Waals surface area contributed by atoms with Crippen molar-refractivity contribution in [3.63, 3.8) is 0 Å². The zero-order chi connectivity index (χ0) is 12.4. The molecule has 3 heteroatoms. The molecule has 0 amide bonds. The van der Waals surface area contributed by atoms with E-state index in [0.29, 0.717) is 6.04 Å². The minimum Gasteiger partial charge on any atom is -0.327 e. The van der Waals surface area contributed by atoms with Crippen molar-refractivity contribution < 1.29 is 0 Å². The highest BCUT2D eigenvalue weighted by atomic mass is 15.2. The quantitative estimate of drug-likeness (QED) is 0.824. The zero-order valence-corrected chi connectivity index (χ0v) is 10.8. The first kappa shape index (κ1) is 11.5. The molecule has 3 rings (SSSR count). The number of nitrogens with zero attached hydrogens (tertiary/aromatic N) is 3. The SMILES string of the molecule is CCN1CCC(n2ccnc2-c2ccccc2)C1. The first-order chi connectivity index (χ1) is 8.88. The summed E-state index contributed by atoms with van der Waals surface area (Å²) in [5.74, 6) is 1.10. The van der Waals surface area contributed by atoms with Gasteiger partial charge in [-0.3, -0.25) is 0 Å². The number of benzene rings is 1. The minimum absolute atomic E-state index is 0.572. The van der Waals surface area contributed by atoms with Gasteiger partial charge in [0.15, 0.2) is 0 Å². The number of likely N-dealkylation sites (N-methyl/N-ethyl adjacent to an activating group) is 1. The number of imidazole rings is 1. The Labute approximate surface area is 108 Å². The van der Waals surface area contributed by atoms with Crippen molar-refractivity contribution in [2.45, 2.75) is 19.4 Å². The van der Waals surface area contributed by atoms with E-state index in [1.807, 2.05) is 12.3 Å². The molecule has 0 bridgehead atoms. The van der Waals surface area contributed by atoms with Gasteiger partial charge in [0.1, 0.15) is 5.82 Å². The van der Waals surface area contributed by atoms with E-state index >= 15 is 0 Å². The third kappa shape index (κ3) is 2.06. The van der Waals surface area contributed by atoms with Crippen LogP contribution in [-0.2, 0) is 0 Å². The Kier molecular flexibility index (Phi) is 3.15. The highest BCUT2D eigenvalue weighted by Gasteiger charge is 2.24. The van der Waals surface area contributed by atoms with Crippen molar-refractivity contribution in [3.05, 3.63) is 42.7 Å². The number of hydrogen-bond donors (Lipinski definition) is 0. The van der Waals surface area contributed by atoms with Gasteiger partial charge in [-0.15, -0.1) is 0 Å². The summed E-state index contributed by atoms with van der Waals surface area (Å²) in [7, 11) is 0. The number of rotatable bonds is 3. The van der Waals surface area contributed by atoms with E-state index in [4.69, 9.17) is 0 Å². The maximum atomic E-state index is 4.53. The van der Waals surface area contributed by atoms with Gasteiger partial charge in [0, 0.05) is 37.1 Å². The van der Waals surface area contributed by atoms with E-state index in [1.165, 1.54) is 18.5 Å². The predicted molar refractivity (Wildman–Crippen MR) is 73.4 cm³/mol. The van der Waals surface area contributed by atoms with Crippen LogP contribution in [0.3, 0.4) is 0 Å². The molecule has 1 saturated heterocycles. The van der Waals surface area contributed by atoms with Crippen LogP contribution >= 0.6 is 0 Å². The molecule has 2 aromatic rings. The molecule has 0 saturated carbocycles. The van der Waals surface area contributed by atoms with E-state index < -0.39 is 0 Å². The van der Waals surface area contributed by atoms with Crippen LogP contribution < -0.4 is 0 Å². The van der Waals surface area contributed by atoms with Crippen molar-refractivity contribution in [1.29, 1.82) is 0 Å². The van der Waals surface area contributed by atoms with E-state index in [1.54, 1.807) is 0 Å². The Morgan fingerprint density at radius 3 is 2.83 bits per heavy atom. The Morgan fingerprint density at radius 2 is 2.11 bits per heavy atom. The van der Waals surface area contributed by atoms with Gasteiger partial charge in [0.25, 0.3) is 0 Å². The molecule has 1 aromatic heterocycles. The van der Waals surface area contributed by atoms with Gasteiger partial charge < -0.3 is 9.47 Å². The van der Waals surface area contributed by atoms with E-state index in [2.05, 4.69) is 51.8 Å². The van der Waals surface area contributed by atoms with Gasteiger partial charge in [0.05, 0.1) is 0 Å². The van der Waals surface area contributed by atoms with Gasteiger partial charge >= 0.3 is 0 Å². The average molecular weight is 241 g/mol. The lowest BCUT2D eigenvalue weighted by Crippen LogP contribution is -2.21. The fourth-order valence-electron chi connectivity index (χ4n) is 2.74. The maximum Gasteiger partial charge on any atom is 0.140 e. The first-order valence-corrected chi connectivity index (χ1v) is 6.69. The zero-order valence-electron chi connectivity index (χ0n) is 10.8. The smallest absolute Gasteiger partial charge is 0.140 e. The highest BCUT2D eigenvalue weighted by molar-refractivity contribution is 5.55. The molecule has 1 aliphatic rings. The van der Waals surface area contributed by atoms with Crippen LogP contribution in [0.5, 0.6) is 0 Å². The Morgan fingerprint density at radius 1 is 1.28 bits per heavy atom. The Hall–Kier alpha value is -1.61. The largest absolute Gasteiger partial charge is 0.327 e. The molecule has 2 heterocycles. The van der Waals surface area contributed by atoms with E-state index in [9.17, 15) is 0 Å². The molecule has 1 aliphatic heterocycles. The lowest BCUT2D eigenvalue weighted by molar-refractivity contribution is 0.342. The van der Waals surface area contributed by atoms with Crippen LogP contribution in [0.25, 0.3) is 11.4 Å². The van der Waals surface area contributed by atoms with Crippen molar-refractivity contribution >= 4 is 0 Å². The average Bonchev–Trinajstić information content (AvgIpc) is 3.08. The molecule has 0 radical (unpaired) electrons. The molecular weight excluding hydrogens is 222 g/mol. The number of hydrogen-bond acceptors (Lipinski definition) is 2. The normalized spacial score (nSPS) is 20.4. The molecule has 3 nitrogen and oxygen atoms in total. The summed E-state index contributed by atoms with van der Waals surface area (Å²) in [5, 5.41) is 0. The summed E-state index contributed by atoms with van der Waals surface area (Å²) in [6.07, 6.45) is 5.26. The monoisotopic (exact) mass is 241 g/mol. The van der Waals surface area contributed by atoms with Crippen LogP contribution in [0, 0.1) is 0 Å². The minimum atomic E-state index is 0.572. The lowest BCUT2D eigenvalue weighted by atomic mass is 10.2. The Bertz CT molecular complexity index is 503. The summed E-state index contributed by atoms with van der Waals surface area (Å²) in [4.78, 5) is 7.03. The van der Waals surface area contributed by atoms with Gasteiger partial charge in [-0.25, -0.2) is 4.98 Å². The first-order valence-electron chi connectivity index (χ1n) is 6.69. The van der Waals surface area contributed by atoms with Crippen LogP contribution in [0.4, 0.5) is 0 Å². The fraction of sp³-hybridized carbons (Fsp3) is 0.400. The summed E-state index contributed by atoms with van der Waals surface area (Å²) in [6, 6.07) is 11.0. The molecular formula is C15H19N3. The number of aromatic nitrogens is 2. The molecule has 0 spiro atoms. The third-order valence-corrected chi connectivity index (χ3v) is 3.79. The van der Waals surface area contributed by atoms with Crippen molar-refractivity contribution in [1.82, 2.24) is 14.5 Å². The summed E-state index contributed by atoms with van der Waals surface area (Å²) in [5.41, 5.74) is 1.21. The predicted octanol–water partition coefficient (Wildman–Crippen LogP) is 2.82. The van der Waals surface area contributed by atoms with Gasteiger partial charge in [0.2, 0.25) is 0 Å². The topological polar surface area (TPSA) is 21.1 Å². The fourth-order valence-corrected chi connectivity index (χ4v) is 2.74. The second-order valence-electron chi connectivity index (χ2n) is 4.86. The van der Waals surface area contributed by atoms with Crippen LogP contribution in [0.15, 0.2) is 42.7 Å². The molecule has 1 fully saturated rings. The summed E-state index contributed by atoms with van der Waals surface area (Å²) < 4.78 is 2.34. The van der Waals surface area contributed by atoms with Gasteiger partial charge in [-0.1, -0.05) is 37.3 Å². The van der Waals surface area contributed by atoms with Crippen molar-refractivity contribution in [2.24, 2.45) is 0 Å². The van der Waals surface area contributed by atoms with Gasteiger partial charge in [-0.2, -0.15) is 0 Å². The van der Waals surface area contributed by atoms with Crippen LogP contribution in [-0.4, -0.2) is 34.1 Å². The maximum absolute atomic E-state index is 4.53. The molecule has 0 N–H and O–H groups in total. The molecule has 1 atom stereocenters. The van der Waals surface area contributed by atoms with Gasteiger partial charge in [-0.05, 0) is 13.0 Å².